The van der Waals surface area contributed by atoms with Gasteiger partial charge >= 0.3 is 6.18 Å². The summed E-state index contributed by atoms with van der Waals surface area (Å²) < 4.78 is 55.1. The van der Waals surface area contributed by atoms with E-state index in [0.29, 0.717) is 15.7 Å². The minimum Gasteiger partial charge on any atom is -0.260 e. The van der Waals surface area contributed by atoms with Crippen molar-refractivity contribution >= 4 is 27.8 Å². The van der Waals surface area contributed by atoms with E-state index in [-0.39, 0.29) is 12.0 Å². The van der Waals surface area contributed by atoms with E-state index in [1.54, 1.807) is 18.2 Å². The van der Waals surface area contributed by atoms with Crippen molar-refractivity contribution in [3.8, 4) is 0 Å². The molecule has 3 rings (SSSR count). The van der Waals surface area contributed by atoms with Crippen molar-refractivity contribution in [2.24, 2.45) is 4.99 Å². The quantitative estimate of drug-likeness (QED) is 0.599. The number of alkyl halides is 3. The Morgan fingerprint density at radius 2 is 1.73 bits per heavy atom. The largest absolute Gasteiger partial charge is 0.403 e. The van der Waals surface area contributed by atoms with Crippen molar-refractivity contribution in [1.82, 2.24) is 0 Å². The Hall–Kier alpha value is -1.69. The van der Waals surface area contributed by atoms with E-state index in [4.69, 9.17) is 0 Å². The maximum absolute atomic E-state index is 13.8. The van der Waals surface area contributed by atoms with Crippen molar-refractivity contribution in [2.75, 3.05) is 0 Å². The highest BCUT2D eigenvalue weighted by molar-refractivity contribution is 9.10. The predicted octanol–water partition coefficient (Wildman–Crippen LogP) is 5.35. The van der Waals surface area contributed by atoms with Gasteiger partial charge in [-0.1, -0.05) is 28.1 Å². The lowest BCUT2D eigenvalue weighted by molar-refractivity contribution is -0.168. The number of fused-ring (bicyclic) bond motifs is 1. The fourth-order valence-corrected chi connectivity index (χ4v) is 3.02. The van der Waals surface area contributed by atoms with Crippen molar-refractivity contribution in [3.05, 3.63) is 63.9 Å². The fraction of sp³-hybridized carbons (Fsp3) is 0.188. The summed E-state index contributed by atoms with van der Waals surface area (Å²) in [5, 5.41) is 0. The molecule has 0 bridgehead atoms. The van der Waals surface area contributed by atoms with Gasteiger partial charge in [-0.05, 0) is 47.9 Å². The van der Waals surface area contributed by atoms with Crippen LogP contribution in [0.3, 0.4) is 0 Å². The minimum atomic E-state index is -4.53. The molecule has 0 radical (unpaired) electrons. The Morgan fingerprint density at radius 3 is 2.36 bits per heavy atom. The monoisotopic (exact) mass is 371 g/mol. The average molecular weight is 372 g/mol. The number of rotatable bonds is 1. The van der Waals surface area contributed by atoms with Gasteiger partial charge in [0, 0.05) is 10.7 Å². The molecule has 1 heterocycles. The second-order valence-electron chi connectivity index (χ2n) is 5.18. The third kappa shape index (κ3) is 2.45. The van der Waals surface area contributed by atoms with Crippen molar-refractivity contribution in [2.45, 2.75) is 18.0 Å². The molecule has 0 saturated heterocycles. The zero-order valence-corrected chi connectivity index (χ0v) is 12.7. The van der Waals surface area contributed by atoms with Crippen LogP contribution in [0.2, 0.25) is 0 Å². The first kappa shape index (κ1) is 15.2. The van der Waals surface area contributed by atoms with Gasteiger partial charge in [0.1, 0.15) is 11.2 Å². The Labute approximate surface area is 132 Å². The second kappa shape index (κ2) is 5.19. The molecule has 0 saturated carbocycles. The predicted molar refractivity (Wildman–Crippen MR) is 80.1 cm³/mol. The van der Waals surface area contributed by atoms with Crippen LogP contribution in [0, 0.1) is 5.82 Å². The summed E-state index contributed by atoms with van der Waals surface area (Å²) in [5.74, 6) is -0.572. The van der Waals surface area contributed by atoms with E-state index in [9.17, 15) is 17.6 Å². The first-order valence-electron chi connectivity index (χ1n) is 6.48. The van der Waals surface area contributed by atoms with Gasteiger partial charge < -0.3 is 0 Å². The summed E-state index contributed by atoms with van der Waals surface area (Å²) in [4.78, 5) is 3.99. The van der Waals surface area contributed by atoms with Crippen molar-refractivity contribution in [3.63, 3.8) is 0 Å². The van der Waals surface area contributed by atoms with Gasteiger partial charge in [0.15, 0.2) is 0 Å². The fourth-order valence-electron chi connectivity index (χ4n) is 2.61. The van der Waals surface area contributed by atoms with Crippen LogP contribution in [0.1, 0.15) is 11.1 Å². The van der Waals surface area contributed by atoms with Gasteiger partial charge in [-0.2, -0.15) is 13.2 Å². The maximum Gasteiger partial charge on any atom is 0.403 e. The molecule has 0 aliphatic carbocycles. The summed E-state index contributed by atoms with van der Waals surface area (Å²) in [6, 6.07) is 9.43. The normalized spacial score (nSPS) is 20.8. The first-order valence-corrected chi connectivity index (χ1v) is 7.27. The second-order valence-corrected chi connectivity index (χ2v) is 6.10. The van der Waals surface area contributed by atoms with E-state index in [0.717, 1.165) is 30.5 Å². The lowest BCUT2D eigenvalue weighted by Gasteiger charge is -2.35. The molecule has 2 aromatic carbocycles. The van der Waals surface area contributed by atoms with E-state index < -0.39 is 17.4 Å². The molecule has 1 nitrogen and oxygen atoms in total. The van der Waals surface area contributed by atoms with Crippen LogP contribution in [0.25, 0.3) is 0 Å². The molecule has 114 valence electrons. The van der Waals surface area contributed by atoms with E-state index in [1.165, 1.54) is 0 Å². The SMILES string of the molecule is Fc1ccc([C@@]2(C(F)(F)F)C=Nc3ccc(Br)cc3C2)cc1. The Balaban J connectivity index is 2.16. The maximum atomic E-state index is 13.8. The smallest absolute Gasteiger partial charge is 0.260 e. The average Bonchev–Trinajstić information content (AvgIpc) is 2.46. The highest BCUT2D eigenvalue weighted by Gasteiger charge is 2.56. The molecular formula is C16H10BrF4N. The van der Waals surface area contributed by atoms with Gasteiger partial charge in [0.05, 0.1) is 5.69 Å². The highest BCUT2D eigenvalue weighted by atomic mass is 79.9. The molecule has 1 atom stereocenters. The first-order chi connectivity index (χ1) is 10.3. The van der Waals surface area contributed by atoms with Crippen molar-refractivity contribution in [1.29, 1.82) is 0 Å². The number of hydrogen-bond acceptors (Lipinski definition) is 1. The van der Waals surface area contributed by atoms with Crippen LogP contribution in [0.5, 0.6) is 0 Å². The van der Waals surface area contributed by atoms with E-state index in [2.05, 4.69) is 20.9 Å². The topological polar surface area (TPSA) is 12.4 Å². The van der Waals surface area contributed by atoms with Crippen molar-refractivity contribution < 1.29 is 17.6 Å². The summed E-state index contributed by atoms with van der Waals surface area (Å²) in [6.07, 6.45) is -3.87. The molecule has 0 aromatic heterocycles. The lowest BCUT2D eigenvalue weighted by atomic mass is 9.74. The third-order valence-corrected chi connectivity index (χ3v) is 4.29. The molecule has 1 aliphatic rings. The summed E-state index contributed by atoms with van der Waals surface area (Å²) in [5.41, 5.74) is -1.24. The van der Waals surface area contributed by atoms with E-state index in [1.807, 2.05) is 0 Å². The number of nitrogens with zero attached hydrogens (tertiary/aromatic N) is 1. The molecular weight excluding hydrogens is 362 g/mol. The summed E-state index contributed by atoms with van der Waals surface area (Å²) >= 11 is 3.26. The molecule has 0 unspecified atom stereocenters. The van der Waals surface area contributed by atoms with Crippen LogP contribution >= 0.6 is 15.9 Å². The van der Waals surface area contributed by atoms with Crippen LogP contribution in [-0.2, 0) is 11.8 Å². The molecule has 1 aliphatic heterocycles. The molecule has 0 amide bonds. The number of benzene rings is 2. The van der Waals surface area contributed by atoms with Crippen LogP contribution in [0.15, 0.2) is 51.9 Å². The number of halogens is 5. The number of hydrogen-bond donors (Lipinski definition) is 0. The molecule has 0 fully saturated rings. The molecule has 22 heavy (non-hydrogen) atoms. The van der Waals surface area contributed by atoms with Crippen LogP contribution in [0.4, 0.5) is 23.2 Å². The van der Waals surface area contributed by atoms with Gasteiger partial charge in [0.2, 0.25) is 0 Å². The van der Waals surface area contributed by atoms with Crippen LogP contribution < -0.4 is 0 Å². The Morgan fingerprint density at radius 1 is 1.05 bits per heavy atom. The molecule has 2 aromatic rings. The van der Waals surface area contributed by atoms with Crippen LogP contribution in [-0.4, -0.2) is 12.4 Å². The van der Waals surface area contributed by atoms with E-state index >= 15 is 0 Å². The zero-order chi connectivity index (χ0) is 16.0. The summed E-state index contributed by atoms with van der Waals surface area (Å²) in [7, 11) is 0. The summed E-state index contributed by atoms with van der Waals surface area (Å²) in [6.45, 7) is 0. The number of aliphatic imine (C=N–C) groups is 1. The molecule has 0 spiro atoms. The Kier molecular flexibility index (Phi) is 3.59. The Bertz CT molecular complexity index is 737. The zero-order valence-electron chi connectivity index (χ0n) is 11.2. The van der Waals surface area contributed by atoms with Gasteiger partial charge in [-0.3, -0.25) is 4.99 Å². The van der Waals surface area contributed by atoms with Gasteiger partial charge in [0.25, 0.3) is 0 Å². The highest BCUT2D eigenvalue weighted by Crippen LogP contribution is 2.46. The molecule has 6 heteroatoms. The molecule has 0 N–H and O–H groups in total. The van der Waals surface area contributed by atoms with Gasteiger partial charge in [-0.15, -0.1) is 0 Å². The minimum absolute atomic E-state index is 0.0178. The standard InChI is InChI=1S/C16H10BrF4N/c17-12-3-6-14-10(7-12)8-15(9-22-14,16(19,20)21)11-1-4-13(18)5-2-11/h1-7,9H,8H2/t15-/m0/s1. The van der Waals surface area contributed by atoms with Gasteiger partial charge in [-0.25, -0.2) is 4.39 Å². The lowest BCUT2D eigenvalue weighted by Crippen LogP contribution is -2.47. The third-order valence-electron chi connectivity index (χ3n) is 3.80.